The number of hydrazine groups is 1. The molecule has 17 heavy (non-hydrogen) atoms. The quantitative estimate of drug-likeness (QED) is 0.706. The minimum absolute atomic E-state index is 0.169. The molecule has 0 heterocycles. The zero-order chi connectivity index (χ0) is 12.7. The van der Waals surface area contributed by atoms with Crippen LogP contribution < -0.4 is 5.01 Å². The van der Waals surface area contributed by atoms with E-state index >= 15 is 0 Å². The number of amides is 1. The fourth-order valence-electron chi connectivity index (χ4n) is 1.86. The molecule has 0 aromatic heterocycles. The summed E-state index contributed by atoms with van der Waals surface area (Å²) < 4.78 is 0. The van der Waals surface area contributed by atoms with Crippen LogP contribution in [0.4, 0.5) is 5.69 Å². The Hall–Kier alpha value is -1.35. The summed E-state index contributed by atoms with van der Waals surface area (Å²) in [5.74, 6) is 0.169. The zero-order valence-electron chi connectivity index (χ0n) is 11.0. The maximum absolute atomic E-state index is 12.2. The molecule has 0 N–H and O–H groups in total. The predicted molar refractivity (Wildman–Crippen MR) is 71.8 cm³/mol. The molecule has 0 aliphatic carbocycles. The first kappa shape index (κ1) is 13.7. The minimum atomic E-state index is 0.169. The molecule has 0 unspecified atom stereocenters. The van der Waals surface area contributed by atoms with Crippen molar-refractivity contribution < 1.29 is 4.79 Å². The molecule has 0 fully saturated rings. The number of carbonyl (C=O) groups is 1. The Kier molecular flexibility index (Phi) is 5.70. The lowest BCUT2D eigenvalue weighted by Gasteiger charge is -2.33. The zero-order valence-corrected chi connectivity index (χ0v) is 11.0. The van der Waals surface area contributed by atoms with Crippen LogP contribution in [0.15, 0.2) is 30.3 Å². The van der Waals surface area contributed by atoms with Gasteiger partial charge >= 0.3 is 0 Å². The normalized spacial score (nSPS) is 10.6. The van der Waals surface area contributed by atoms with Crippen molar-refractivity contribution in [2.24, 2.45) is 0 Å². The van der Waals surface area contributed by atoms with Crippen LogP contribution in [0.3, 0.4) is 0 Å². The largest absolute Gasteiger partial charge is 0.273 e. The molecule has 3 heteroatoms. The van der Waals surface area contributed by atoms with E-state index in [1.807, 2.05) is 42.3 Å². The smallest absolute Gasteiger partial charge is 0.241 e. The number of anilines is 1. The molecule has 0 radical (unpaired) electrons. The standard InChI is InChI=1S/C14H22N2O/c1-4-10-14(17)16(15(5-2)6-3)13-11-8-7-9-12-13/h7-9,11-12H,4-6,10H2,1-3H3. The number of nitrogens with zero attached hydrogens (tertiary/aromatic N) is 2. The van der Waals surface area contributed by atoms with Crippen molar-refractivity contribution in [3.63, 3.8) is 0 Å². The second kappa shape index (κ2) is 7.07. The number of hydrogen-bond acceptors (Lipinski definition) is 2. The van der Waals surface area contributed by atoms with Gasteiger partial charge in [0, 0.05) is 19.5 Å². The molecule has 0 atom stereocenters. The molecular formula is C14H22N2O. The summed E-state index contributed by atoms with van der Waals surface area (Å²) in [7, 11) is 0. The second-order valence-electron chi connectivity index (χ2n) is 3.93. The maximum Gasteiger partial charge on any atom is 0.241 e. The summed E-state index contributed by atoms with van der Waals surface area (Å²) in [6.07, 6.45) is 1.47. The third-order valence-corrected chi connectivity index (χ3v) is 2.71. The molecule has 0 aliphatic rings. The molecule has 94 valence electrons. The molecule has 0 saturated heterocycles. The van der Waals surface area contributed by atoms with Gasteiger partial charge in [0.15, 0.2) is 0 Å². The highest BCUT2D eigenvalue weighted by molar-refractivity contribution is 5.92. The summed E-state index contributed by atoms with van der Waals surface area (Å²) in [6.45, 7) is 7.84. The van der Waals surface area contributed by atoms with Crippen molar-refractivity contribution >= 4 is 11.6 Å². The number of rotatable bonds is 6. The van der Waals surface area contributed by atoms with Gasteiger partial charge < -0.3 is 0 Å². The van der Waals surface area contributed by atoms with Crippen molar-refractivity contribution in [2.75, 3.05) is 18.1 Å². The minimum Gasteiger partial charge on any atom is -0.273 e. The molecule has 0 spiro atoms. The van der Waals surface area contributed by atoms with Crippen LogP contribution in [-0.4, -0.2) is 24.0 Å². The molecule has 0 aliphatic heterocycles. The lowest BCUT2D eigenvalue weighted by molar-refractivity contribution is -0.121. The maximum atomic E-state index is 12.2. The van der Waals surface area contributed by atoms with Crippen LogP contribution >= 0.6 is 0 Å². The summed E-state index contributed by atoms with van der Waals surface area (Å²) in [6, 6.07) is 9.85. The topological polar surface area (TPSA) is 23.6 Å². The molecule has 1 aromatic carbocycles. The van der Waals surface area contributed by atoms with Crippen LogP contribution in [0.2, 0.25) is 0 Å². The van der Waals surface area contributed by atoms with E-state index in [0.717, 1.165) is 25.2 Å². The van der Waals surface area contributed by atoms with Gasteiger partial charge in [0.25, 0.3) is 0 Å². The van der Waals surface area contributed by atoms with E-state index in [9.17, 15) is 4.79 Å². The number of para-hydroxylation sites is 1. The van der Waals surface area contributed by atoms with Crippen molar-refractivity contribution in [1.29, 1.82) is 0 Å². The molecular weight excluding hydrogens is 212 g/mol. The average molecular weight is 234 g/mol. The van der Waals surface area contributed by atoms with Gasteiger partial charge in [0.2, 0.25) is 5.91 Å². The van der Waals surface area contributed by atoms with Crippen LogP contribution in [0.5, 0.6) is 0 Å². The van der Waals surface area contributed by atoms with E-state index in [2.05, 4.69) is 18.9 Å². The Morgan fingerprint density at radius 3 is 2.12 bits per heavy atom. The van der Waals surface area contributed by atoms with E-state index in [-0.39, 0.29) is 5.91 Å². The van der Waals surface area contributed by atoms with Crippen molar-refractivity contribution in [3.05, 3.63) is 30.3 Å². The molecule has 0 saturated carbocycles. The van der Waals surface area contributed by atoms with Gasteiger partial charge in [-0.05, 0) is 18.6 Å². The van der Waals surface area contributed by atoms with E-state index in [0.29, 0.717) is 6.42 Å². The van der Waals surface area contributed by atoms with E-state index in [1.165, 1.54) is 0 Å². The van der Waals surface area contributed by atoms with Crippen LogP contribution in [0.25, 0.3) is 0 Å². The van der Waals surface area contributed by atoms with Gasteiger partial charge in [-0.3, -0.25) is 4.79 Å². The number of hydrogen-bond donors (Lipinski definition) is 0. The van der Waals surface area contributed by atoms with Gasteiger partial charge in [-0.15, -0.1) is 0 Å². The first-order valence-corrected chi connectivity index (χ1v) is 6.37. The molecule has 1 rings (SSSR count). The fourth-order valence-corrected chi connectivity index (χ4v) is 1.86. The second-order valence-corrected chi connectivity index (χ2v) is 3.93. The third kappa shape index (κ3) is 3.56. The number of carbonyl (C=O) groups excluding carboxylic acids is 1. The highest BCUT2D eigenvalue weighted by Crippen LogP contribution is 2.17. The monoisotopic (exact) mass is 234 g/mol. The lowest BCUT2D eigenvalue weighted by atomic mass is 10.2. The van der Waals surface area contributed by atoms with E-state index < -0.39 is 0 Å². The first-order valence-electron chi connectivity index (χ1n) is 6.37. The molecule has 0 bridgehead atoms. The fraction of sp³-hybridized carbons (Fsp3) is 0.500. The average Bonchev–Trinajstić information content (AvgIpc) is 2.37. The highest BCUT2D eigenvalue weighted by Gasteiger charge is 2.19. The van der Waals surface area contributed by atoms with Crippen LogP contribution in [0.1, 0.15) is 33.6 Å². The van der Waals surface area contributed by atoms with Gasteiger partial charge in [-0.25, -0.2) is 10.0 Å². The van der Waals surface area contributed by atoms with Gasteiger partial charge in [-0.2, -0.15) is 0 Å². The summed E-state index contributed by atoms with van der Waals surface area (Å²) >= 11 is 0. The predicted octanol–water partition coefficient (Wildman–Crippen LogP) is 3.08. The van der Waals surface area contributed by atoms with Gasteiger partial charge in [-0.1, -0.05) is 39.0 Å². The summed E-state index contributed by atoms with van der Waals surface area (Å²) in [5.41, 5.74) is 0.953. The van der Waals surface area contributed by atoms with Crippen LogP contribution in [0, 0.1) is 0 Å². The third-order valence-electron chi connectivity index (χ3n) is 2.71. The Morgan fingerprint density at radius 2 is 1.65 bits per heavy atom. The molecule has 1 amide bonds. The Labute approximate surface area is 104 Å². The molecule has 3 nitrogen and oxygen atoms in total. The van der Waals surface area contributed by atoms with Crippen molar-refractivity contribution in [1.82, 2.24) is 5.01 Å². The SMILES string of the molecule is CCCC(=O)N(c1ccccc1)N(CC)CC. The summed E-state index contributed by atoms with van der Waals surface area (Å²) in [4.78, 5) is 12.2. The molecule has 1 aromatic rings. The van der Waals surface area contributed by atoms with Crippen molar-refractivity contribution in [3.8, 4) is 0 Å². The van der Waals surface area contributed by atoms with Gasteiger partial charge in [0.1, 0.15) is 0 Å². The lowest BCUT2D eigenvalue weighted by Crippen LogP contribution is -2.46. The van der Waals surface area contributed by atoms with Crippen LogP contribution in [-0.2, 0) is 4.79 Å². The van der Waals surface area contributed by atoms with Gasteiger partial charge in [0.05, 0.1) is 5.69 Å². The number of benzene rings is 1. The first-order chi connectivity index (χ1) is 8.24. The van der Waals surface area contributed by atoms with E-state index in [1.54, 1.807) is 0 Å². The Balaban J connectivity index is 2.97. The highest BCUT2D eigenvalue weighted by atomic mass is 16.2. The Morgan fingerprint density at radius 1 is 1.06 bits per heavy atom. The van der Waals surface area contributed by atoms with E-state index in [4.69, 9.17) is 0 Å². The Bertz CT molecular complexity index is 333. The summed E-state index contributed by atoms with van der Waals surface area (Å²) in [5, 5.41) is 3.87. The van der Waals surface area contributed by atoms with Crippen molar-refractivity contribution in [2.45, 2.75) is 33.6 Å².